The summed E-state index contributed by atoms with van der Waals surface area (Å²) in [5, 5.41) is 0.792. The molecule has 0 unspecified atom stereocenters. The summed E-state index contributed by atoms with van der Waals surface area (Å²) in [6.45, 7) is 0. The van der Waals surface area contributed by atoms with Crippen molar-refractivity contribution in [1.29, 1.82) is 0 Å². The standard InChI is InChI=1S/C11H13N3OS/c1-16-11(12)4-2-3-8-5-6-10-9(7-8)13-14-15-10/h2-7,13-14H,12H2,1H3. The van der Waals surface area contributed by atoms with Crippen LogP contribution in [0, 0.1) is 0 Å². The molecule has 1 aliphatic heterocycles. The van der Waals surface area contributed by atoms with Crippen LogP contribution < -0.4 is 21.6 Å². The number of hydrogen-bond donors (Lipinski definition) is 3. The maximum atomic E-state index is 5.66. The van der Waals surface area contributed by atoms with Crippen LogP contribution in [0.2, 0.25) is 0 Å². The lowest BCUT2D eigenvalue weighted by Crippen LogP contribution is -2.16. The fourth-order valence-electron chi connectivity index (χ4n) is 1.30. The van der Waals surface area contributed by atoms with E-state index in [1.807, 2.05) is 42.7 Å². The topological polar surface area (TPSA) is 59.3 Å². The Labute approximate surface area is 98.5 Å². The van der Waals surface area contributed by atoms with Gasteiger partial charge in [0.15, 0.2) is 5.75 Å². The molecule has 4 N–H and O–H groups in total. The zero-order valence-electron chi connectivity index (χ0n) is 8.86. The van der Waals surface area contributed by atoms with Gasteiger partial charge in [-0.1, -0.05) is 23.8 Å². The predicted molar refractivity (Wildman–Crippen MR) is 68.6 cm³/mol. The van der Waals surface area contributed by atoms with Crippen molar-refractivity contribution in [2.45, 2.75) is 0 Å². The fourth-order valence-corrected chi connectivity index (χ4v) is 1.51. The second-order valence-corrected chi connectivity index (χ2v) is 4.10. The molecule has 0 aliphatic carbocycles. The Morgan fingerprint density at radius 2 is 2.38 bits per heavy atom. The van der Waals surface area contributed by atoms with Gasteiger partial charge < -0.3 is 10.6 Å². The number of hydrogen-bond acceptors (Lipinski definition) is 5. The highest BCUT2D eigenvalue weighted by Gasteiger charge is 2.09. The SMILES string of the molecule is CSC(N)=CC=Cc1ccc2c(c1)NNO2. The highest BCUT2D eigenvalue weighted by molar-refractivity contribution is 8.02. The summed E-state index contributed by atoms with van der Waals surface area (Å²) in [7, 11) is 0. The number of nitrogens with one attached hydrogen (secondary N) is 2. The largest absolute Gasteiger partial charge is 0.394 e. The third kappa shape index (κ3) is 2.50. The van der Waals surface area contributed by atoms with E-state index in [-0.39, 0.29) is 0 Å². The van der Waals surface area contributed by atoms with E-state index < -0.39 is 0 Å². The highest BCUT2D eigenvalue weighted by atomic mass is 32.2. The molecule has 1 heterocycles. The Balaban J connectivity index is 2.11. The first kappa shape index (κ1) is 10.9. The van der Waals surface area contributed by atoms with E-state index in [9.17, 15) is 0 Å². The predicted octanol–water partition coefficient (Wildman–Crippen LogP) is 2.09. The van der Waals surface area contributed by atoms with E-state index in [0.717, 1.165) is 22.0 Å². The number of nitrogens with two attached hydrogens (primary N) is 1. The van der Waals surface area contributed by atoms with Gasteiger partial charge in [-0.15, -0.1) is 11.8 Å². The van der Waals surface area contributed by atoms with Crippen LogP contribution in [0.25, 0.3) is 6.08 Å². The molecule has 84 valence electrons. The van der Waals surface area contributed by atoms with Crippen LogP contribution in [-0.4, -0.2) is 6.26 Å². The molecule has 5 heteroatoms. The normalized spacial score (nSPS) is 14.7. The van der Waals surface area contributed by atoms with Crippen LogP contribution in [0.5, 0.6) is 5.75 Å². The van der Waals surface area contributed by atoms with Gasteiger partial charge in [0.25, 0.3) is 0 Å². The first-order valence-electron chi connectivity index (χ1n) is 4.79. The molecule has 1 aromatic carbocycles. The average molecular weight is 235 g/mol. The summed E-state index contributed by atoms with van der Waals surface area (Å²) in [6, 6.07) is 5.88. The Morgan fingerprint density at radius 1 is 1.50 bits per heavy atom. The summed E-state index contributed by atoms with van der Waals surface area (Å²) < 4.78 is 0. The zero-order chi connectivity index (χ0) is 11.4. The summed E-state index contributed by atoms with van der Waals surface area (Å²) >= 11 is 1.53. The molecule has 0 amide bonds. The second kappa shape index (κ2) is 4.96. The van der Waals surface area contributed by atoms with Gasteiger partial charge in [0.05, 0.1) is 10.7 Å². The lowest BCUT2D eigenvalue weighted by molar-refractivity contribution is 0.247. The monoisotopic (exact) mass is 235 g/mol. The van der Waals surface area contributed by atoms with Crippen LogP contribution in [0.1, 0.15) is 5.56 Å². The Bertz CT molecular complexity index is 443. The Hall–Kier alpha value is -1.59. The smallest absolute Gasteiger partial charge is 0.174 e. The molecule has 4 nitrogen and oxygen atoms in total. The number of anilines is 1. The van der Waals surface area contributed by atoms with E-state index in [1.165, 1.54) is 11.8 Å². The van der Waals surface area contributed by atoms with Crippen molar-refractivity contribution in [2.75, 3.05) is 11.7 Å². The maximum Gasteiger partial charge on any atom is 0.174 e. The third-order valence-corrected chi connectivity index (χ3v) is 2.74. The van der Waals surface area contributed by atoms with Crippen molar-refractivity contribution in [1.82, 2.24) is 5.59 Å². The van der Waals surface area contributed by atoms with Crippen molar-refractivity contribution in [3.05, 3.63) is 40.9 Å². The van der Waals surface area contributed by atoms with Gasteiger partial charge in [-0.3, -0.25) is 5.43 Å². The van der Waals surface area contributed by atoms with Crippen LogP contribution >= 0.6 is 11.8 Å². The van der Waals surface area contributed by atoms with Crippen molar-refractivity contribution in [3.63, 3.8) is 0 Å². The number of thioether (sulfide) groups is 1. The van der Waals surface area contributed by atoms with Crippen molar-refractivity contribution < 1.29 is 4.84 Å². The molecule has 0 bridgehead atoms. The van der Waals surface area contributed by atoms with E-state index in [1.54, 1.807) is 0 Å². The van der Waals surface area contributed by atoms with Crippen LogP contribution in [0.3, 0.4) is 0 Å². The van der Waals surface area contributed by atoms with Crippen molar-refractivity contribution >= 4 is 23.5 Å². The number of allylic oxidation sites excluding steroid dienone is 2. The minimum atomic E-state index is 0.792. The molecule has 0 saturated carbocycles. The first-order valence-corrected chi connectivity index (χ1v) is 6.02. The first-order chi connectivity index (χ1) is 7.79. The molecule has 0 saturated heterocycles. The lowest BCUT2D eigenvalue weighted by atomic mass is 10.2. The van der Waals surface area contributed by atoms with Crippen LogP contribution in [-0.2, 0) is 0 Å². The van der Waals surface area contributed by atoms with E-state index in [2.05, 4.69) is 11.0 Å². The zero-order valence-corrected chi connectivity index (χ0v) is 9.67. The quantitative estimate of drug-likeness (QED) is 0.700. The number of hydrazine groups is 1. The Kier molecular flexibility index (Phi) is 3.38. The Morgan fingerprint density at radius 3 is 3.19 bits per heavy atom. The van der Waals surface area contributed by atoms with Gasteiger partial charge in [0.2, 0.25) is 0 Å². The molecule has 0 fully saturated rings. The number of benzene rings is 1. The van der Waals surface area contributed by atoms with Gasteiger partial charge in [0, 0.05) is 0 Å². The van der Waals surface area contributed by atoms with Crippen molar-refractivity contribution in [3.8, 4) is 5.75 Å². The molecule has 2 rings (SSSR count). The van der Waals surface area contributed by atoms with Crippen LogP contribution in [0.15, 0.2) is 35.4 Å². The molecular weight excluding hydrogens is 222 g/mol. The molecular formula is C11H13N3OS. The van der Waals surface area contributed by atoms with E-state index in [4.69, 9.17) is 10.6 Å². The molecule has 0 radical (unpaired) electrons. The maximum absolute atomic E-state index is 5.66. The summed E-state index contributed by atoms with van der Waals surface area (Å²) in [4.78, 5) is 5.09. The molecule has 16 heavy (non-hydrogen) atoms. The van der Waals surface area contributed by atoms with Crippen molar-refractivity contribution in [2.24, 2.45) is 5.73 Å². The molecule has 0 aromatic heterocycles. The number of rotatable bonds is 3. The molecule has 0 spiro atoms. The van der Waals surface area contributed by atoms with E-state index >= 15 is 0 Å². The average Bonchev–Trinajstić information content (AvgIpc) is 2.76. The lowest BCUT2D eigenvalue weighted by Gasteiger charge is -1.96. The molecule has 1 aromatic rings. The van der Waals surface area contributed by atoms with Gasteiger partial charge in [-0.2, -0.15) is 0 Å². The minimum absolute atomic E-state index is 0.792. The summed E-state index contributed by atoms with van der Waals surface area (Å²) in [5.41, 5.74) is 13.2. The summed E-state index contributed by atoms with van der Waals surface area (Å²) in [6.07, 6.45) is 7.74. The number of fused-ring (bicyclic) bond motifs is 1. The highest BCUT2D eigenvalue weighted by Crippen LogP contribution is 2.28. The summed E-state index contributed by atoms with van der Waals surface area (Å²) in [5.74, 6) is 0.802. The van der Waals surface area contributed by atoms with Gasteiger partial charge in [0.1, 0.15) is 0 Å². The molecule has 0 atom stereocenters. The van der Waals surface area contributed by atoms with Gasteiger partial charge in [-0.05, 0) is 30.0 Å². The van der Waals surface area contributed by atoms with Crippen LogP contribution in [0.4, 0.5) is 5.69 Å². The van der Waals surface area contributed by atoms with Gasteiger partial charge >= 0.3 is 0 Å². The second-order valence-electron chi connectivity index (χ2n) is 3.22. The van der Waals surface area contributed by atoms with Gasteiger partial charge in [-0.25, -0.2) is 0 Å². The fraction of sp³-hybridized carbons (Fsp3) is 0.0909. The third-order valence-electron chi connectivity index (χ3n) is 2.14. The molecule has 1 aliphatic rings. The van der Waals surface area contributed by atoms with E-state index in [0.29, 0.717) is 0 Å². The minimum Gasteiger partial charge on any atom is -0.394 e.